The standard InChI is InChI=1S/C12H11NO2/c1-8(14)13-11-7-6-9-4-2-3-5-10(9)12(11)15/h2-7,11H,1H3,(H,13,14). The van der Waals surface area contributed by atoms with Crippen molar-refractivity contribution in [1.29, 1.82) is 0 Å². The molecule has 0 bridgehead atoms. The lowest BCUT2D eigenvalue weighted by molar-refractivity contribution is -0.119. The largest absolute Gasteiger partial charge is 0.343 e. The van der Waals surface area contributed by atoms with Crippen LogP contribution in [0.3, 0.4) is 0 Å². The summed E-state index contributed by atoms with van der Waals surface area (Å²) in [6, 6.07) is 6.84. The van der Waals surface area contributed by atoms with Crippen molar-refractivity contribution >= 4 is 17.8 Å². The molecule has 0 radical (unpaired) electrons. The van der Waals surface area contributed by atoms with Gasteiger partial charge >= 0.3 is 0 Å². The monoisotopic (exact) mass is 201 g/mol. The fraction of sp³-hybridized carbons (Fsp3) is 0.167. The molecule has 0 fully saturated rings. The summed E-state index contributed by atoms with van der Waals surface area (Å²) in [6.45, 7) is 1.40. The smallest absolute Gasteiger partial charge is 0.217 e. The molecule has 2 rings (SSSR count). The van der Waals surface area contributed by atoms with Gasteiger partial charge in [-0.2, -0.15) is 0 Å². The van der Waals surface area contributed by atoms with Crippen molar-refractivity contribution in [2.24, 2.45) is 0 Å². The molecule has 1 aromatic rings. The second-order valence-corrected chi connectivity index (χ2v) is 3.49. The van der Waals surface area contributed by atoms with Crippen molar-refractivity contribution in [3.8, 4) is 0 Å². The Hall–Kier alpha value is -1.90. The molecule has 1 unspecified atom stereocenters. The molecule has 0 saturated carbocycles. The van der Waals surface area contributed by atoms with Gasteiger partial charge in [0.1, 0.15) is 6.04 Å². The highest BCUT2D eigenvalue weighted by Crippen LogP contribution is 2.18. The maximum Gasteiger partial charge on any atom is 0.217 e. The van der Waals surface area contributed by atoms with E-state index in [0.29, 0.717) is 5.56 Å². The van der Waals surface area contributed by atoms with E-state index in [0.717, 1.165) is 5.56 Å². The van der Waals surface area contributed by atoms with Crippen LogP contribution in [0.5, 0.6) is 0 Å². The molecule has 1 N–H and O–H groups in total. The van der Waals surface area contributed by atoms with Gasteiger partial charge in [-0.3, -0.25) is 9.59 Å². The van der Waals surface area contributed by atoms with Crippen LogP contribution >= 0.6 is 0 Å². The molecule has 3 heteroatoms. The summed E-state index contributed by atoms with van der Waals surface area (Å²) in [5.74, 6) is -0.249. The summed E-state index contributed by atoms with van der Waals surface area (Å²) < 4.78 is 0. The number of hydrogen-bond donors (Lipinski definition) is 1. The third-order valence-corrected chi connectivity index (χ3v) is 2.34. The van der Waals surface area contributed by atoms with Crippen molar-refractivity contribution < 1.29 is 9.59 Å². The zero-order valence-electron chi connectivity index (χ0n) is 8.36. The topological polar surface area (TPSA) is 46.2 Å². The van der Waals surface area contributed by atoms with Crippen LogP contribution < -0.4 is 5.32 Å². The molecule has 1 aliphatic carbocycles. The number of Topliss-reactive ketones (excluding diaryl/α,β-unsaturated/α-hetero) is 1. The summed E-state index contributed by atoms with van der Waals surface area (Å²) in [7, 11) is 0. The van der Waals surface area contributed by atoms with Crippen LogP contribution in [0, 0.1) is 0 Å². The van der Waals surface area contributed by atoms with E-state index >= 15 is 0 Å². The zero-order chi connectivity index (χ0) is 10.8. The molecule has 15 heavy (non-hydrogen) atoms. The molecule has 0 heterocycles. The first kappa shape index (κ1) is 9.65. The predicted octanol–water partition coefficient (Wildman–Crippen LogP) is 1.40. The van der Waals surface area contributed by atoms with Gasteiger partial charge in [0.05, 0.1) is 0 Å². The number of carbonyl (C=O) groups excluding carboxylic acids is 2. The van der Waals surface area contributed by atoms with E-state index in [1.807, 2.05) is 24.3 Å². The summed E-state index contributed by atoms with van der Waals surface area (Å²) in [4.78, 5) is 22.8. The van der Waals surface area contributed by atoms with Gasteiger partial charge in [-0.15, -0.1) is 0 Å². The molecule has 0 spiro atoms. The SMILES string of the molecule is CC(=O)NC1C=Cc2ccccc2C1=O. The Morgan fingerprint density at radius 2 is 2.07 bits per heavy atom. The number of nitrogens with one attached hydrogen (secondary N) is 1. The van der Waals surface area contributed by atoms with E-state index in [1.54, 1.807) is 12.1 Å². The molecule has 76 valence electrons. The van der Waals surface area contributed by atoms with Gasteiger partial charge in [0.15, 0.2) is 5.78 Å². The zero-order valence-corrected chi connectivity index (χ0v) is 8.36. The molecular weight excluding hydrogens is 190 g/mol. The van der Waals surface area contributed by atoms with Gasteiger partial charge in [-0.05, 0) is 5.56 Å². The minimum Gasteiger partial charge on any atom is -0.343 e. The highest BCUT2D eigenvalue weighted by molar-refractivity contribution is 6.07. The van der Waals surface area contributed by atoms with Gasteiger partial charge < -0.3 is 5.32 Å². The van der Waals surface area contributed by atoms with Crippen LogP contribution in [0.4, 0.5) is 0 Å². The van der Waals surface area contributed by atoms with Crippen LogP contribution in [0.1, 0.15) is 22.8 Å². The Morgan fingerprint density at radius 1 is 1.33 bits per heavy atom. The molecule has 3 nitrogen and oxygen atoms in total. The molecule has 0 saturated heterocycles. The highest BCUT2D eigenvalue weighted by atomic mass is 16.2. The third-order valence-electron chi connectivity index (χ3n) is 2.34. The van der Waals surface area contributed by atoms with E-state index in [-0.39, 0.29) is 11.7 Å². The second-order valence-electron chi connectivity index (χ2n) is 3.49. The van der Waals surface area contributed by atoms with Gasteiger partial charge in [-0.1, -0.05) is 36.4 Å². The molecule has 1 atom stereocenters. The van der Waals surface area contributed by atoms with Gasteiger partial charge in [0.2, 0.25) is 5.91 Å². The van der Waals surface area contributed by atoms with Crippen LogP contribution in [0.25, 0.3) is 6.08 Å². The quantitative estimate of drug-likeness (QED) is 0.746. The van der Waals surface area contributed by atoms with Crippen molar-refractivity contribution in [1.82, 2.24) is 5.32 Å². The van der Waals surface area contributed by atoms with E-state index in [4.69, 9.17) is 0 Å². The minimum absolute atomic E-state index is 0.0525. The molecule has 0 aliphatic heterocycles. The van der Waals surface area contributed by atoms with Crippen molar-refractivity contribution in [2.75, 3.05) is 0 Å². The number of amides is 1. The van der Waals surface area contributed by atoms with Crippen molar-refractivity contribution in [3.63, 3.8) is 0 Å². The first-order chi connectivity index (χ1) is 7.18. The lowest BCUT2D eigenvalue weighted by Crippen LogP contribution is -2.39. The van der Waals surface area contributed by atoms with Crippen molar-refractivity contribution in [3.05, 3.63) is 41.5 Å². The van der Waals surface area contributed by atoms with E-state index < -0.39 is 6.04 Å². The summed E-state index contributed by atoms with van der Waals surface area (Å²) in [5, 5.41) is 2.60. The van der Waals surface area contributed by atoms with Crippen LogP contribution in [-0.4, -0.2) is 17.7 Å². The van der Waals surface area contributed by atoms with Gasteiger partial charge in [0, 0.05) is 12.5 Å². The fourth-order valence-electron chi connectivity index (χ4n) is 1.65. The predicted molar refractivity (Wildman–Crippen MR) is 57.4 cm³/mol. The number of fused-ring (bicyclic) bond motifs is 1. The number of ketones is 1. The Balaban J connectivity index is 2.33. The molecule has 1 aromatic carbocycles. The van der Waals surface area contributed by atoms with E-state index in [2.05, 4.69) is 5.32 Å². The molecule has 1 aliphatic rings. The average molecular weight is 201 g/mol. The van der Waals surface area contributed by atoms with E-state index in [1.165, 1.54) is 6.92 Å². The van der Waals surface area contributed by atoms with Gasteiger partial charge in [0.25, 0.3) is 0 Å². The van der Waals surface area contributed by atoms with Gasteiger partial charge in [-0.25, -0.2) is 0 Å². The second kappa shape index (κ2) is 3.69. The highest BCUT2D eigenvalue weighted by Gasteiger charge is 2.23. The third kappa shape index (κ3) is 1.81. The van der Waals surface area contributed by atoms with E-state index in [9.17, 15) is 9.59 Å². The minimum atomic E-state index is -0.516. The Morgan fingerprint density at radius 3 is 2.80 bits per heavy atom. The molecule has 1 amide bonds. The lowest BCUT2D eigenvalue weighted by Gasteiger charge is -2.18. The maximum atomic E-state index is 11.9. The Kier molecular flexibility index (Phi) is 2.37. The first-order valence-electron chi connectivity index (χ1n) is 4.77. The first-order valence-corrected chi connectivity index (χ1v) is 4.77. The van der Waals surface area contributed by atoms with Crippen LogP contribution in [0.2, 0.25) is 0 Å². The number of rotatable bonds is 1. The van der Waals surface area contributed by atoms with Crippen LogP contribution in [0.15, 0.2) is 30.3 Å². The number of hydrogen-bond acceptors (Lipinski definition) is 2. The Bertz CT molecular complexity index is 449. The normalized spacial score (nSPS) is 18.5. The Labute approximate surface area is 87.8 Å². The maximum absolute atomic E-state index is 11.9. The number of benzene rings is 1. The fourth-order valence-corrected chi connectivity index (χ4v) is 1.65. The molecular formula is C12H11NO2. The summed E-state index contributed by atoms with van der Waals surface area (Å²) in [5.41, 5.74) is 1.57. The van der Waals surface area contributed by atoms with Crippen LogP contribution in [-0.2, 0) is 4.79 Å². The summed E-state index contributed by atoms with van der Waals surface area (Å²) in [6.07, 6.45) is 3.57. The lowest BCUT2D eigenvalue weighted by atomic mass is 9.93. The molecule has 0 aromatic heterocycles. The van der Waals surface area contributed by atoms with Crippen molar-refractivity contribution in [2.45, 2.75) is 13.0 Å². The average Bonchev–Trinajstić information content (AvgIpc) is 2.22. The summed E-state index contributed by atoms with van der Waals surface area (Å²) >= 11 is 0. The number of carbonyl (C=O) groups is 2.